The molecule has 8 heteroatoms. The Labute approximate surface area is 174 Å². The smallest absolute Gasteiger partial charge is 0.251 e. The van der Waals surface area contributed by atoms with Gasteiger partial charge in [-0.05, 0) is 51.1 Å². The van der Waals surface area contributed by atoms with Crippen LogP contribution < -0.4 is 16.4 Å². The topological polar surface area (TPSA) is 87.5 Å². The summed E-state index contributed by atoms with van der Waals surface area (Å²) in [6, 6.07) is 7.52. The summed E-state index contributed by atoms with van der Waals surface area (Å²) in [4.78, 5) is 26.5. The Morgan fingerprint density at radius 1 is 1.19 bits per heavy atom. The third-order valence-corrected chi connectivity index (χ3v) is 4.59. The van der Waals surface area contributed by atoms with E-state index in [0.717, 1.165) is 37.8 Å². The van der Waals surface area contributed by atoms with Crippen molar-refractivity contribution in [3.63, 3.8) is 0 Å². The van der Waals surface area contributed by atoms with E-state index in [1.165, 1.54) is 0 Å². The summed E-state index contributed by atoms with van der Waals surface area (Å²) in [5.41, 5.74) is 7.50. The molecule has 2 unspecified atom stereocenters. The predicted molar refractivity (Wildman–Crippen MR) is 114 cm³/mol. The molecule has 27 heavy (non-hydrogen) atoms. The molecule has 1 aliphatic rings. The third kappa shape index (κ3) is 8.93. The van der Waals surface area contributed by atoms with E-state index in [4.69, 9.17) is 5.73 Å². The maximum Gasteiger partial charge on any atom is 0.251 e. The molecule has 6 nitrogen and oxygen atoms in total. The SMILES string of the molecule is CN(C)CCNC(=O)c1cccc(CNC(=O)C2CCCC(N)C2)c1.Cl.Cl. The van der Waals surface area contributed by atoms with Crippen LogP contribution in [0.3, 0.4) is 0 Å². The molecule has 154 valence electrons. The first kappa shape index (κ1) is 25.7. The molecule has 1 aromatic rings. The number of amides is 2. The van der Waals surface area contributed by atoms with Gasteiger partial charge in [0.15, 0.2) is 0 Å². The van der Waals surface area contributed by atoms with Gasteiger partial charge in [0.05, 0.1) is 0 Å². The van der Waals surface area contributed by atoms with Gasteiger partial charge >= 0.3 is 0 Å². The zero-order chi connectivity index (χ0) is 18.2. The number of nitrogens with zero attached hydrogens (tertiary/aromatic N) is 1. The minimum Gasteiger partial charge on any atom is -0.352 e. The second-order valence-electron chi connectivity index (χ2n) is 7.10. The van der Waals surface area contributed by atoms with Gasteiger partial charge in [-0.3, -0.25) is 9.59 Å². The summed E-state index contributed by atoms with van der Waals surface area (Å²) in [6.45, 7) is 1.84. The van der Waals surface area contributed by atoms with Crippen LogP contribution in [0, 0.1) is 5.92 Å². The van der Waals surface area contributed by atoms with Gasteiger partial charge in [0.1, 0.15) is 0 Å². The second-order valence-corrected chi connectivity index (χ2v) is 7.10. The zero-order valence-electron chi connectivity index (χ0n) is 16.1. The molecule has 2 atom stereocenters. The van der Waals surface area contributed by atoms with E-state index in [0.29, 0.717) is 18.7 Å². The van der Waals surface area contributed by atoms with Crippen molar-refractivity contribution in [3.05, 3.63) is 35.4 Å². The van der Waals surface area contributed by atoms with Gasteiger partial charge in [-0.25, -0.2) is 0 Å². The predicted octanol–water partition coefficient (Wildman–Crippen LogP) is 1.96. The van der Waals surface area contributed by atoms with E-state index >= 15 is 0 Å². The molecule has 1 fully saturated rings. The highest BCUT2D eigenvalue weighted by Gasteiger charge is 2.24. The van der Waals surface area contributed by atoms with Crippen LogP contribution in [0.4, 0.5) is 0 Å². The standard InChI is InChI=1S/C19H30N4O2.2ClH/c1-23(2)10-9-21-18(24)15-6-3-5-14(11-15)13-22-19(25)16-7-4-8-17(20)12-16;;/h3,5-6,11,16-17H,4,7-10,12-13,20H2,1-2H3,(H,21,24)(H,22,25);2*1H. The molecule has 0 aliphatic heterocycles. The molecule has 1 aromatic carbocycles. The summed E-state index contributed by atoms with van der Waals surface area (Å²) < 4.78 is 0. The molecular weight excluding hydrogens is 387 g/mol. The van der Waals surface area contributed by atoms with Crippen molar-refractivity contribution in [2.75, 3.05) is 27.2 Å². The van der Waals surface area contributed by atoms with Crippen LogP contribution in [0.2, 0.25) is 0 Å². The highest BCUT2D eigenvalue weighted by atomic mass is 35.5. The van der Waals surface area contributed by atoms with Crippen molar-refractivity contribution in [3.8, 4) is 0 Å². The Morgan fingerprint density at radius 2 is 1.93 bits per heavy atom. The summed E-state index contributed by atoms with van der Waals surface area (Å²) >= 11 is 0. The van der Waals surface area contributed by atoms with E-state index in [2.05, 4.69) is 10.6 Å². The molecule has 0 bridgehead atoms. The van der Waals surface area contributed by atoms with Crippen molar-refractivity contribution in [1.82, 2.24) is 15.5 Å². The van der Waals surface area contributed by atoms with Crippen molar-refractivity contribution < 1.29 is 9.59 Å². The molecule has 1 saturated carbocycles. The van der Waals surface area contributed by atoms with E-state index in [1.54, 1.807) is 6.07 Å². The first-order chi connectivity index (χ1) is 12.0. The number of halogens is 2. The molecule has 0 radical (unpaired) electrons. The van der Waals surface area contributed by atoms with Gasteiger partial charge in [-0.2, -0.15) is 0 Å². The maximum atomic E-state index is 12.3. The second kappa shape index (κ2) is 12.9. The van der Waals surface area contributed by atoms with Gasteiger partial charge in [-0.15, -0.1) is 24.8 Å². The molecule has 2 rings (SSSR count). The number of nitrogens with one attached hydrogen (secondary N) is 2. The molecular formula is C19H32Cl2N4O2. The average molecular weight is 419 g/mol. The number of likely N-dealkylation sites (N-methyl/N-ethyl adjacent to an activating group) is 1. The van der Waals surface area contributed by atoms with Gasteiger partial charge in [-0.1, -0.05) is 18.6 Å². The van der Waals surface area contributed by atoms with E-state index in [9.17, 15) is 9.59 Å². The number of benzene rings is 1. The molecule has 0 spiro atoms. The summed E-state index contributed by atoms with van der Waals surface area (Å²) in [5, 5.41) is 5.88. The van der Waals surface area contributed by atoms with Crippen LogP contribution >= 0.6 is 24.8 Å². The molecule has 0 aromatic heterocycles. The third-order valence-electron chi connectivity index (χ3n) is 4.59. The quantitative estimate of drug-likeness (QED) is 0.631. The summed E-state index contributed by atoms with van der Waals surface area (Å²) in [6.07, 6.45) is 3.70. The zero-order valence-corrected chi connectivity index (χ0v) is 17.7. The number of hydrogen-bond acceptors (Lipinski definition) is 4. The van der Waals surface area contributed by atoms with Crippen molar-refractivity contribution in [1.29, 1.82) is 0 Å². The minimum absolute atomic E-state index is 0. The fraction of sp³-hybridized carbons (Fsp3) is 0.579. The Hall–Kier alpha value is -1.34. The van der Waals surface area contributed by atoms with Gasteiger partial charge in [0.2, 0.25) is 5.91 Å². The average Bonchev–Trinajstić information content (AvgIpc) is 2.59. The Morgan fingerprint density at radius 3 is 2.59 bits per heavy atom. The lowest BCUT2D eigenvalue weighted by atomic mass is 9.85. The van der Waals surface area contributed by atoms with E-state index in [-0.39, 0.29) is 48.6 Å². The first-order valence-corrected chi connectivity index (χ1v) is 9.01. The van der Waals surface area contributed by atoms with Crippen molar-refractivity contribution in [2.45, 2.75) is 38.3 Å². The maximum absolute atomic E-state index is 12.3. The molecule has 1 aliphatic carbocycles. The van der Waals surface area contributed by atoms with Crippen LogP contribution in [0.1, 0.15) is 41.6 Å². The first-order valence-electron chi connectivity index (χ1n) is 9.01. The summed E-state index contributed by atoms with van der Waals surface area (Å²) in [5.74, 6) is -0.00877. The van der Waals surface area contributed by atoms with Crippen LogP contribution in [-0.4, -0.2) is 49.9 Å². The van der Waals surface area contributed by atoms with Crippen LogP contribution in [0.15, 0.2) is 24.3 Å². The van der Waals surface area contributed by atoms with Gasteiger partial charge in [0, 0.05) is 37.2 Å². The largest absolute Gasteiger partial charge is 0.352 e. The molecule has 4 N–H and O–H groups in total. The van der Waals surface area contributed by atoms with Crippen molar-refractivity contribution >= 4 is 36.6 Å². The minimum atomic E-state index is -0.0896. The van der Waals surface area contributed by atoms with Crippen molar-refractivity contribution in [2.24, 2.45) is 11.7 Å². The molecule has 2 amide bonds. The van der Waals surface area contributed by atoms with E-state index in [1.807, 2.05) is 37.2 Å². The van der Waals surface area contributed by atoms with E-state index < -0.39 is 0 Å². The normalized spacial score (nSPS) is 18.8. The fourth-order valence-electron chi connectivity index (χ4n) is 3.12. The number of hydrogen-bond donors (Lipinski definition) is 3. The number of carbonyl (C=O) groups excluding carboxylic acids is 2. The summed E-state index contributed by atoms with van der Waals surface area (Å²) in [7, 11) is 3.93. The number of carbonyl (C=O) groups is 2. The monoisotopic (exact) mass is 418 g/mol. The Balaban J connectivity index is 0.00000338. The lowest BCUT2D eigenvalue weighted by Gasteiger charge is -2.25. The fourth-order valence-corrected chi connectivity index (χ4v) is 3.12. The molecule has 0 saturated heterocycles. The van der Waals surface area contributed by atoms with Crippen LogP contribution in [0.25, 0.3) is 0 Å². The highest BCUT2D eigenvalue weighted by Crippen LogP contribution is 2.23. The highest BCUT2D eigenvalue weighted by molar-refractivity contribution is 5.94. The molecule has 0 heterocycles. The lowest BCUT2D eigenvalue weighted by molar-refractivity contribution is -0.126. The number of rotatable bonds is 7. The van der Waals surface area contributed by atoms with Gasteiger partial charge < -0.3 is 21.3 Å². The number of nitrogens with two attached hydrogens (primary N) is 1. The Bertz CT molecular complexity index is 599. The van der Waals surface area contributed by atoms with Crippen LogP contribution in [0.5, 0.6) is 0 Å². The Kier molecular flexibility index (Phi) is 12.3. The van der Waals surface area contributed by atoms with Crippen LogP contribution in [-0.2, 0) is 11.3 Å². The lowest BCUT2D eigenvalue weighted by Crippen LogP contribution is -2.37. The van der Waals surface area contributed by atoms with Gasteiger partial charge in [0.25, 0.3) is 5.91 Å².